The van der Waals surface area contributed by atoms with Gasteiger partial charge in [-0.1, -0.05) is 90.1 Å². The number of rotatable bonds is 2. The Morgan fingerprint density at radius 2 is 0.647 bits per heavy atom. The van der Waals surface area contributed by atoms with Gasteiger partial charge in [0.05, 0.1) is 22.7 Å². The molecule has 0 saturated heterocycles. The second-order valence-electron chi connectivity index (χ2n) is 11.2. The van der Waals surface area contributed by atoms with E-state index in [1.54, 1.807) is 0 Å². The highest BCUT2D eigenvalue weighted by atomic mass is 15.3. The Morgan fingerprint density at radius 3 is 0.882 bits per heavy atom. The monoisotopic (exact) mass is 446 g/mol. The van der Waals surface area contributed by atoms with Gasteiger partial charge in [-0.3, -0.25) is 0 Å². The fourth-order valence-corrected chi connectivity index (χ4v) is 4.72. The van der Waals surface area contributed by atoms with Crippen molar-refractivity contribution in [2.45, 2.75) is 52.4 Å². The van der Waals surface area contributed by atoms with E-state index in [-0.39, 0.29) is 10.8 Å². The molecule has 34 heavy (non-hydrogen) atoms. The van der Waals surface area contributed by atoms with Crippen LogP contribution in [-0.4, -0.2) is 0 Å². The molecule has 0 radical (unpaired) electrons. The van der Waals surface area contributed by atoms with Gasteiger partial charge in [-0.05, 0) is 70.5 Å². The molecule has 1 heterocycles. The zero-order valence-corrected chi connectivity index (χ0v) is 21.1. The van der Waals surface area contributed by atoms with Crippen molar-refractivity contribution in [1.29, 1.82) is 0 Å². The topological polar surface area (TPSA) is 6.48 Å². The van der Waals surface area contributed by atoms with E-state index >= 15 is 0 Å². The quantitative estimate of drug-likeness (QED) is 0.266. The summed E-state index contributed by atoms with van der Waals surface area (Å²) in [6.45, 7) is 13.6. The third-order valence-corrected chi connectivity index (χ3v) is 6.71. The van der Waals surface area contributed by atoms with Crippen LogP contribution in [0.15, 0.2) is 97.1 Å². The summed E-state index contributed by atoms with van der Waals surface area (Å²) in [5.41, 5.74) is 10.0. The van der Waals surface area contributed by atoms with Crippen molar-refractivity contribution in [2.24, 2.45) is 0 Å². The highest BCUT2D eigenvalue weighted by Gasteiger charge is 2.30. The second-order valence-corrected chi connectivity index (χ2v) is 11.2. The molecule has 0 N–H and O–H groups in total. The van der Waals surface area contributed by atoms with Crippen molar-refractivity contribution in [3.8, 4) is 0 Å². The van der Waals surface area contributed by atoms with Gasteiger partial charge in [0.15, 0.2) is 0 Å². The van der Waals surface area contributed by atoms with Crippen LogP contribution in [0, 0.1) is 0 Å². The summed E-state index contributed by atoms with van der Waals surface area (Å²) in [5.74, 6) is 0. The maximum atomic E-state index is 2.39. The number of fused-ring (bicyclic) bond motifs is 2. The van der Waals surface area contributed by atoms with E-state index in [4.69, 9.17) is 0 Å². The molecule has 172 valence electrons. The Balaban J connectivity index is 1.66. The first-order chi connectivity index (χ1) is 16.1. The average molecular weight is 447 g/mol. The summed E-state index contributed by atoms with van der Waals surface area (Å²) in [7, 11) is 0. The lowest BCUT2D eigenvalue weighted by Crippen LogP contribution is -2.24. The Morgan fingerprint density at radius 1 is 0.382 bits per heavy atom. The first-order valence-corrected chi connectivity index (χ1v) is 12.1. The number of anilines is 6. The summed E-state index contributed by atoms with van der Waals surface area (Å²) >= 11 is 0. The minimum Gasteiger partial charge on any atom is -0.306 e. The average Bonchev–Trinajstić information content (AvgIpc) is 2.81. The molecule has 0 fully saturated rings. The van der Waals surface area contributed by atoms with Crippen molar-refractivity contribution in [2.75, 3.05) is 9.80 Å². The molecule has 5 rings (SSSR count). The molecule has 0 aromatic heterocycles. The van der Waals surface area contributed by atoms with E-state index in [1.807, 2.05) is 0 Å². The number of nitrogens with zero attached hydrogens (tertiary/aromatic N) is 2. The number of hydrogen-bond acceptors (Lipinski definition) is 2. The van der Waals surface area contributed by atoms with Crippen LogP contribution in [-0.2, 0) is 10.8 Å². The molecule has 0 aliphatic carbocycles. The number of para-hydroxylation sites is 4. The Bertz CT molecular complexity index is 1150. The number of hydrogen-bond donors (Lipinski definition) is 0. The van der Waals surface area contributed by atoms with Crippen molar-refractivity contribution in [3.05, 3.63) is 108 Å². The first kappa shape index (κ1) is 22.3. The van der Waals surface area contributed by atoms with Crippen LogP contribution < -0.4 is 9.80 Å². The van der Waals surface area contributed by atoms with Gasteiger partial charge in [0.1, 0.15) is 0 Å². The molecule has 4 aromatic rings. The van der Waals surface area contributed by atoms with Crippen LogP contribution in [0.4, 0.5) is 34.1 Å². The van der Waals surface area contributed by atoms with Gasteiger partial charge in [0.2, 0.25) is 0 Å². The summed E-state index contributed by atoms with van der Waals surface area (Å²) in [6, 6.07) is 35.5. The van der Waals surface area contributed by atoms with Crippen LogP contribution in [0.2, 0.25) is 0 Å². The van der Waals surface area contributed by atoms with Gasteiger partial charge in [-0.2, -0.15) is 0 Å². The third kappa shape index (κ3) is 3.88. The summed E-state index contributed by atoms with van der Waals surface area (Å²) in [6.07, 6.45) is 0. The predicted octanol–water partition coefficient (Wildman–Crippen LogP) is 9.53. The molecule has 0 unspecified atom stereocenters. The van der Waals surface area contributed by atoms with Crippen LogP contribution in [0.5, 0.6) is 0 Å². The number of benzene rings is 4. The summed E-state index contributed by atoms with van der Waals surface area (Å²) in [5, 5.41) is 0. The van der Waals surface area contributed by atoms with Crippen molar-refractivity contribution in [3.63, 3.8) is 0 Å². The fourth-order valence-electron chi connectivity index (χ4n) is 4.72. The Hall–Kier alpha value is -3.52. The molecular weight excluding hydrogens is 412 g/mol. The molecule has 2 nitrogen and oxygen atoms in total. The van der Waals surface area contributed by atoms with Crippen LogP contribution in [0.1, 0.15) is 52.7 Å². The van der Waals surface area contributed by atoms with Crippen molar-refractivity contribution in [1.82, 2.24) is 0 Å². The second kappa shape index (κ2) is 8.06. The Labute approximate surface area is 204 Å². The maximum Gasteiger partial charge on any atom is 0.0703 e. The zero-order chi connectivity index (χ0) is 24.1. The molecule has 1 aliphatic heterocycles. The van der Waals surface area contributed by atoms with Crippen LogP contribution in [0.3, 0.4) is 0 Å². The van der Waals surface area contributed by atoms with Crippen molar-refractivity contribution >= 4 is 34.1 Å². The maximum absolute atomic E-state index is 2.39. The molecular formula is C32H34N2. The minimum atomic E-state index is 0.131. The van der Waals surface area contributed by atoms with E-state index in [2.05, 4.69) is 148 Å². The van der Waals surface area contributed by atoms with E-state index in [9.17, 15) is 0 Å². The van der Waals surface area contributed by atoms with Gasteiger partial charge in [0.25, 0.3) is 0 Å². The fraction of sp³-hybridized carbons (Fsp3) is 0.250. The lowest BCUT2D eigenvalue weighted by molar-refractivity contribution is 0.590. The first-order valence-electron chi connectivity index (χ1n) is 12.1. The smallest absolute Gasteiger partial charge is 0.0703 e. The zero-order valence-electron chi connectivity index (χ0n) is 21.1. The normalized spacial score (nSPS) is 13.5. The molecule has 2 heteroatoms. The molecule has 1 aliphatic rings. The van der Waals surface area contributed by atoms with Gasteiger partial charge in [0, 0.05) is 11.4 Å². The highest BCUT2D eigenvalue weighted by molar-refractivity contribution is 6.01. The van der Waals surface area contributed by atoms with Crippen LogP contribution in [0.25, 0.3) is 0 Å². The standard InChI is InChI=1S/C32H34N2/c1-31(2,3)23-15-19-25(20-16-23)33-27-11-7-9-13-29(27)34(30-14-10-8-12-28(30)33)26-21-17-24(18-22-26)32(4,5)6/h7-22H,1-6H3. The largest absolute Gasteiger partial charge is 0.306 e. The third-order valence-electron chi connectivity index (χ3n) is 6.71. The molecule has 4 aromatic carbocycles. The Kier molecular flexibility index (Phi) is 5.28. The van der Waals surface area contributed by atoms with E-state index in [1.165, 1.54) is 45.3 Å². The molecule has 0 spiro atoms. The van der Waals surface area contributed by atoms with Gasteiger partial charge in [-0.25, -0.2) is 0 Å². The molecule has 0 atom stereocenters. The summed E-state index contributed by atoms with van der Waals surface area (Å²) in [4.78, 5) is 4.77. The van der Waals surface area contributed by atoms with E-state index in [0.29, 0.717) is 0 Å². The van der Waals surface area contributed by atoms with Gasteiger partial charge >= 0.3 is 0 Å². The highest BCUT2D eigenvalue weighted by Crippen LogP contribution is 2.54. The van der Waals surface area contributed by atoms with E-state index in [0.717, 1.165) is 0 Å². The summed E-state index contributed by atoms with van der Waals surface area (Å²) < 4.78 is 0. The SMILES string of the molecule is CC(C)(C)c1ccc(N2c3ccccc3N(c3ccc(C(C)(C)C)cc3)c3ccccc32)cc1. The minimum absolute atomic E-state index is 0.131. The molecule has 0 amide bonds. The predicted molar refractivity (Wildman–Crippen MR) is 147 cm³/mol. The lowest BCUT2D eigenvalue weighted by atomic mass is 9.87. The van der Waals surface area contributed by atoms with Gasteiger partial charge in [-0.15, -0.1) is 0 Å². The van der Waals surface area contributed by atoms with Crippen LogP contribution >= 0.6 is 0 Å². The van der Waals surface area contributed by atoms with Gasteiger partial charge < -0.3 is 9.80 Å². The molecule has 0 bridgehead atoms. The molecule has 0 saturated carbocycles. The van der Waals surface area contributed by atoms with Crippen molar-refractivity contribution < 1.29 is 0 Å². The van der Waals surface area contributed by atoms with E-state index < -0.39 is 0 Å². The lowest BCUT2D eigenvalue weighted by Gasteiger charge is -2.40.